The summed E-state index contributed by atoms with van der Waals surface area (Å²) in [5.41, 5.74) is 2.65. The molecule has 8 heteroatoms. The van der Waals surface area contributed by atoms with Crippen molar-refractivity contribution in [2.24, 2.45) is 0 Å². The number of aryl methyl sites for hydroxylation is 2. The number of hydrogen-bond acceptors (Lipinski definition) is 5. The molecule has 4 amide bonds. The van der Waals surface area contributed by atoms with E-state index in [0.29, 0.717) is 29.4 Å². The first-order chi connectivity index (χ1) is 14.2. The van der Waals surface area contributed by atoms with Crippen molar-refractivity contribution in [1.82, 2.24) is 5.32 Å². The van der Waals surface area contributed by atoms with Crippen LogP contribution in [0.25, 0.3) is 6.08 Å². The third kappa shape index (κ3) is 4.33. The number of carbonyl (C=O) groups is 3. The number of anilines is 1. The number of hydrogen-bond donors (Lipinski definition) is 1. The van der Waals surface area contributed by atoms with Gasteiger partial charge >= 0.3 is 6.03 Å². The highest BCUT2D eigenvalue weighted by atomic mass is 127. The molecule has 3 rings (SSSR count). The Labute approximate surface area is 188 Å². The van der Waals surface area contributed by atoms with Gasteiger partial charge in [0.25, 0.3) is 11.8 Å². The van der Waals surface area contributed by atoms with Crippen molar-refractivity contribution < 1.29 is 23.9 Å². The summed E-state index contributed by atoms with van der Waals surface area (Å²) < 4.78 is 11.8. The Bertz CT molecular complexity index is 1060. The number of ether oxygens (including phenoxy) is 2. The van der Waals surface area contributed by atoms with Crippen molar-refractivity contribution in [3.05, 3.63) is 56.2 Å². The van der Waals surface area contributed by atoms with Crippen LogP contribution in [-0.4, -0.2) is 31.6 Å². The van der Waals surface area contributed by atoms with E-state index in [-0.39, 0.29) is 5.57 Å². The van der Waals surface area contributed by atoms with Crippen LogP contribution in [0, 0.1) is 17.4 Å². The molecular formula is C22H21IN2O5. The quantitative estimate of drug-likeness (QED) is 0.367. The van der Waals surface area contributed by atoms with Gasteiger partial charge < -0.3 is 9.47 Å². The minimum absolute atomic E-state index is 0.143. The predicted molar refractivity (Wildman–Crippen MR) is 122 cm³/mol. The van der Waals surface area contributed by atoms with Crippen LogP contribution in [0.15, 0.2) is 35.9 Å². The number of benzene rings is 2. The van der Waals surface area contributed by atoms with Crippen molar-refractivity contribution in [3.63, 3.8) is 0 Å². The molecule has 1 N–H and O–H groups in total. The molecule has 0 spiro atoms. The molecule has 0 atom stereocenters. The summed E-state index contributed by atoms with van der Waals surface area (Å²) in [6, 6.07) is 8.07. The predicted octanol–water partition coefficient (Wildman–Crippen LogP) is 3.98. The number of imide groups is 2. The number of nitrogens with one attached hydrogen (secondary N) is 1. The lowest BCUT2D eigenvalue weighted by molar-refractivity contribution is -0.122. The van der Waals surface area contributed by atoms with E-state index < -0.39 is 17.8 Å². The normalized spacial score (nSPS) is 15.4. The molecule has 2 aromatic rings. The number of halogens is 1. The first kappa shape index (κ1) is 21.8. The zero-order chi connectivity index (χ0) is 22.0. The fourth-order valence-electron chi connectivity index (χ4n) is 3.25. The van der Waals surface area contributed by atoms with Gasteiger partial charge in [-0.3, -0.25) is 14.9 Å². The number of carbonyl (C=O) groups excluding carboxylic acids is 3. The molecule has 1 heterocycles. The van der Waals surface area contributed by atoms with E-state index in [9.17, 15) is 14.4 Å². The van der Waals surface area contributed by atoms with Crippen LogP contribution in [0.1, 0.15) is 23.6 Å². The second-order valence-electron chi connectivity index (χ2n) is 6.77. The standard InChI is InChI=1S/C22H21IN2O5/c1-5-30-19-17(23)10-14(11-18(19)29-4)9-16-20(26)24-22(28)25(21(16)27)15-7-12(2)6-13(3)8-15/h6-11H,5H2,1-4H3,(H,24,26,28)/b16-9+. The van der Waals surface area contributed by atoms with Gasteiger partial charge in [-0.05, 0) is 90.4 Å². The van der Waals surface area contributed by atoms with Crippen LogP contribution >= 0.6 is 22.6 Å². The van der Waals surface area contributed by atoms with Gasteiger partial charge in [0, 0.05) is 0 Å². The van der Waals surface area contributed by atoms with Gasteiger partial charge in [-0.15, -0.1) is 0 Å². The lowest BCUT2D eigenvalue weighted by atomic mass is 10.0. The van der Waals surface area contributed by atoms with Gasteiger partial charge in [-0.25, -0.2) is 9.69 Å². The van der Waals surface area contributed by atoms with E-state index in [0.717, 1.165) is 19.6 Å². The Morgan fingerprint density at radius 1 is 1.07 bits per heavy atom. The fourth-order valence-corrected chi connectivity index (χ4v) is 4.03. The van der Waals surface area contributed by atoms with Gasteiger partial charge in [-0.2, -0.15) is 0 Å². The number of barbiturate groups is 1. The van der Waals surface area contributed by atoms with E-state index in [2.05, 4.69) is 27.9 Å². The third-order valence-corrected chi connectivity index (χ3v) is 5.22. The Hall–Kier alpha value is -2.88. The van der Waals surface area contributed by atoms with Crippen molar-refractivity contribution in [3.8, 4) is 11.5 Å². The van der Waals surface area contributed by atoms with Crippen molar-refractivity contribution in [2.75, 3.05) is 18.6 Å². The molecule has 0 aliphatic carbocycles. The van der Waals surface area contributed by atoms with E-state index in [1.165, 1.54) is 13.2 Å². The largest absolute Gasteiger partial charge is 0.493 e. The number of methoxy groups -OCH3 is 1. The minimum Gasteiger partial charge on any atom is -0.493 e. The van der Waals surface area contributed by atoms with Crippen molar-refractivity contribution in [1.29, 1.82) is 0 Å². The van der Waals surface area contributed by atoms with Gasteiger partial charge in [0.15, 0.2) is 11.5 Å². The molecule has 1 fully saturated rings. The minimum atomic E-state index is -0.772. The summed E-state index contributed by atoms with van der Waals surface area (Å²) in [6.45, 7) is 6.09. The smallest absolute Gasteiger partial charge is 0.335 e. The first-order valence-electron chi connectivity index (χ1n) is 9.25. The van der Waals surface area contributed by atoms with Gasteiger partial charge in [0.1, 0.15) is 5.57 Å². The Kier molecular flexibility index (Phi) is 6.45. The summed E-state index contributed by atoms with van der Waals surface area (Å²) in [4.78, 5) is 38.9. The summed E-state index contributed by atoms with van der Waals surface area (Å²) >= 11 is 2.10. The molecular weight excluding hydrogens is 499 g/mol. The highest BCUT2D eigenvalue weighted by molar-refractivity contribution is 14.1. The molecule has 0 bridgehead atoms. The summed E-state index contributed by atoms with van der Waals surface area (Å²) in [5, 5.41) is 2.24. The number of urea groups is 1. The maximum absolute atomic E-state index is 13.1. The first-order valence-corrected chi connectivity index (χ1v) is 10.3. The number of nitrogens with zero attached hydrogens (tertiary/aromatic N) is 1. The molecule has 0 unspecified atom stereocenters. The Morgan fingerprint density at radius 3 is 2.33 bits per heavy atom. The zero-order valence-electron chi connectivity index (χ0n) is 17.0. The third-order valence-electron chi connectivity index (χ3n) is 4.42. The van der Waals surface area contributed by atoms with Crippen molar-refractivity contribution in [2.45, 2.75) is 20.8 Å². The Morgan fingerprint density at radius 2 is 1.73 bits per heavy atom. The topological polar surface area (TPSA) is 84.9 Å². The monoisotopic (exact) mass is 520 g/mol. The second-order valence-corrected chi connectivity index (χ2v) is 7.93. The summed E-state index contributed by atoms with van der Waals surface area (Å²) in [5.74, 6) is -0.346. The molecule has 1 saturated heterocycles. The average molecular weight is 520 g/mol. The molecule has 1 aliphatic rings. The van der Waals surface area contributed by atoms with E-state index >= 15 is 0 Å². The molecule has 0 radical (unpaired) electrons. The zero-order valence-corrected chi connectivity index (χ0v) is 19.2. The molecule has 30 heavy (non-hydrogen) atoms. The molecule has 0 saturated carbocycles. The number of amides is 4. The van der Waals surface area contributed by atoms with Crippen molar-refractivity contribution >= 4 is 52.2 Å². The lowest BCUT2D eigenvalue weighted by Gasteiger charge is -2.27. The maximum atomic E-state index is 13.1. The van der Waals surface area contributed by atoms with Crippen LogP contribution in [0.3, 0.4) is 0 Å². The molecule has 156 valence electrons. The fraction of sp³-hybridized carbons (Fsp3) is 0.227. The molecule has 0 aromatic heterocycles. The van der Waals surface area contributed by atoms with E-state index in [1.807, 2.05) is 26.8 Å². The van der Waals surface area contributed by atoms with Crippen LogP contribution in [0.2, 0.25) is 0 Å². The van der Waals surface area contributed by atoms with E-state index in [4.69, 9.17) is 9.47 Å². The molecule has 2 aromatic carbocycles. The maximum Gasteiger partial charge on any atom is 0.335 e. The highest BCUT2D eigenvalue weighted by Gasteiger charge is 2.37. The van der Waals surface area contributed by atoms with Crippen LogP contribution < -0.4 is 19.7 Å². The highest BCUT2D eigenvalue weighted by Crippen LogP contribution is 2.35. The van der Waals surface area contributed by atoms with Gasteiger partial charge in [0.2, 0.25) is 0 Å². The SMILES string of the molecule is CCOc1c(I)cc(/C=C2\C(=O)NC(=O)N(c3cc(C)cc(C)c3)C2=O)cc1OC. The van der Waals surface area contributed by atoms with Gasteiger partial charge in [0.05, 0.1) is 23.0 Å². The second kappa shape index (κ2) is 8.86. The lowest BCUT2D eigenvalue weighted by Crippen LogP contribution is -2.54. The van der Waals surface area contributed by atoms with Crippen LogP contribution in [-0.2, 0) is 9.59 Å². The van der Waals surface area contributed by atoms with Crippen LogP contribution in [0.5, 0.6) is 11.5 Å². The molecule has 7 nitrogen and oxygen atoms in total. The van der Waals surface area contributed by atoms with Gasteiger partial charge in [-0.1, -0.05) is 6.07 Å². The average Bonchev–Trinajstić information content (AvgIpc) is 2.66. The molecule has 1 aliphatic heterocycles. The van der Waals surface area contributed by atoms with E-state index in [1.54, 1.807) is 24.3 Å². The number of rotatable bonds is 5. The summed E-state index contributed by atoms with van der Waals surface area (Å²) in [6.07, 6.45) is 1.44. The van der Waals surface area contributed by atoms with Crippen LogP contribution in [0.4, 0.5) is 10.5 Å². The Balaban J connectivity index is 2.05. The summed E-state index contributed by atoms with van der Waals surface area (Å²) in [7, 11) is 1.52.